The Bertz CT molecular complexity index is 957. The second kappa shape index (κ2) is 5.56. The van der Waals surface area contributed by atoms with Crippen molar-refractivity contribution in [2.45, 2.75) is 20.4 Å². The lowest BCUT2D eigenvalue weighted by molar-refractivity contribution is -0.389. The number of nitro groups is 1. The summed E-state index contributed by atoms with van der Waals surface area (Å²) in [4.78, 5) is 29.8. The maximum Gasteiger partial charge on any atom is 0.372 e. The van der Waals surface area contributed by atoms with Gasteiger partial charge in [-0.05, 0) is 36.5 Å². The first-order chi connectivity index (χ1) is 11.0. The van der Waals surface area contributed by atoms with E-state index in [0.717, 1.165) is 11.3 Å². The van der Waals surface area contributed by atoms with Crippen molar-refractivity contribution in [3.05, 3.63) is 67.8 Å². The fourth-order valence-corrected chi connectivity index (χ4v) is 2.55. The van der Waals surface area contributed by atoms with Gasteiger partial charge in [0, 0.05) is 23.9 Å². The van der Waals surface area contributed by atoms with Gasteiger partial charge in [-0.15, -0.1) is 0 Å². The fraction of sp³-hybridized carbons (Fsp3) is 0.200. The maximum atomic E-state index is 12.0. The highest BCUT2D eigenvalue weighted by Crippen LogP contribution is 2.25. The third-order valence-electron chi connectivity index (χ3n) is 3.60. The van der Waals surface area contributed by atoms with Gasteiger partial charge in [-0.1, -0.05) is 6.07 Å². The van der Waals surface area contributed by atoms with Gasteiger partial charge in [0.15, 0.2) is 0 Å². The van der Waals surface area contributed by atoms with Crippen molar-refractivity contribution < 1.29 is 4.92 Å². The van der Waals surface area contributed by atoms with Crippen molar-refractivity contribution in [3.8, 4) is 0 Å². The number of rotatable bonds is 4. The first-order valence-corrected chi connectivity index (χ1v) is 7.02. The summed E-state index contributed by atoms with van der Waals surface area (Å²) in [5.41, 5.74) is 2.39. The van der Waals surface area contributed by atoms with Crippen LogP contribution in [0.1, 0.15) is 16.8 Å². The summed E-state index contributed by atoms with van der Waals surface area (Å²) in [6, 6.07) is 6.99. The van der Waals surface area contributed by atoms with Crippen LogP contribution in [0.4, 0.5) is 11.6 Å². The van der Waals surface area contributed by atoms with Gasteiger partial charge in [0.05, 0.1) is 6.20 Å². The first kappa shape index (κ1) is 14.8. The largest absolute Gasteiger partial charge is 0.372 e. The van der Waals surface area contributed by atoms with Gasteiger partial charge in [-0.3, -0.25) is 4.79 Å². The van der Waals surface area contributed by atoms with E-state index in [1.54, 1.807) is 31.3 Å². The summed E-state index contributed by atoms with van der Waals surface area (Å²) in [5, 5.41) is 14.2. The highest BCUT2D eigenvalue weighted by molar-refractivity contribution is 5.62. The molecule has 3 rings (SSSR count). The number of nitrogens with zero attached hydrogens (tertiary/aromatic N) is 3. The molecule has 3 aromatic rings. The van der Waals surface area contributed by atoms with Crippen LogP contribution >= 0.6 is 0 Å². The van der Waals surface area contributed by atoms with Crippen molar-refractivity contribution in [1.29, 1.82) is 0 Å². The molecule has 0 amide bonds. The average Bonchev–Trinajstić information content (AvgIpc) is 2.84. The lowest BCUT2D eigenvalue weighted by Gasteiger charge is -2.07. The second-order valence-corrected chi connectivity index (χ2v) is 5.27. The summed E-state index contributed by atoms with van der Waals surface area (Å²) in [6.07, 6.45) is 1.58. The van der Waals surface area contributed by atoms with Gasteiger partial charge < -0.3 is 20.4 Å². The van der Waals surface area contributed by atoms with Crippen LogP contribution in [0.25, 0.3) is 5.65 Å². The van der Waals surface area contributed by atoms with Crippen molar-refractivity contribution in [2.75, 3.05) is 5.32 Å². The topological polar surface area (TPSA) is 105 Å². The summed E-state index contributed by atoms with van der Waals surface area (Å²) in [5.74, 6) is -0.0117. The van der Waals surface area contributed by atoms with E-state index >= 15 is 0 Å². The highest BCUT2D eigenvalue weighted by atomic mass is 16.6. The molecule has 0 unspecified atom stereocenters. The number of anilines is 1. The molecule has 0 aliphatic rings. The Morgan fingerprint density at radius 3 is 2.87 bits per heavy atom. The number of H-pyrrole nitrogens is 1. The zero-order chi connectivity index (χ0) is 16.6. The zero-order valence-corrected chi connectivity index (χ0v) is 12.7. The van der Waals surface area contributed by atoms with Gasteiger partial charge in [-0.2, -0.15) is 9.38 Å². The minimum Gasteiger partial charge on any atom is -0.359 e. The van der Waals surface area contributed by atoms with Gasteiger partial charge in [0.25, 0.3) is 5.56 Å². The van der Waals surface area contributed by atoms with Crippen LogP contribution in [0, 0.1) is 24.0 Å². The first-order valence-electron chi connectivity index (χ1n) is 7.02. The molecule has 8 heteroatoms. The van der Waals surface area contributed by atoms with Crippen LogP contribution in [0.3, 0.4) is 0 Å². The monoisotopic (exact) mass is 313 g/mol. The summed E-state index contributed by atoms with van der Waals surface area (Å²) in [6.45, 7) is 3.79. The minimum atomic E-state index is -0.492. The maximum absolute atomic E-state index is 12.0. The number of pyridine rings is 2. The van der Waals surface area contributed by atoms with Crippen LogP contribution in [0.5, 0.6) is 0 Å². The Morgan fingerprint density at radius 1 is 1.39 bits per heavy atom. The highest BCUT2D eigenvalue weighted by Gasteiger charge is 2.22. The zero-order valence-electron chi connectivity index (χ0n) is 12.7. The minimum absolute atomic E-state index is 0.139. The molecule has 3 aromatic heterocycles. The van der Waals surface area contributed by atoms with Gasteiger partial charge in [0.1, 0.15) is 0 Å². The molecule has 0 aromatic carbocycles. The SMILES string of the molecule is Cc1cc(C)c(CNc2nc3ccccn3c2[N+](=O)[O-])c(=O)[nH]1. The molecule has 0 aliphatic heterocycles. The molecule has 118 valence electrons. The van der Waals surface area contributed by atoms with E-state index in [2.05, 4.69) is 15.3 Å². The van der Waals surface area contributed by atoms with Gasteiger partial charge >= 0.3 is 5.82 Å². The molecule has 0 aliphatic carbocycles. The Morgan fingerprint density at radius 2 is 2.17 bits per heavy atom. The Kier molecular flexibility index (Phi) is 3.57. The number of hydrogen-bond acceptors (Lipinski definition) is 5. The molecule has 0 saturated carbocycles. The molecule has 0 bridgehead atoms. The number of aromatic nitrogens is 3. The molecular formula is C15H15N5O3. The number of nitrogens with one attached hydrogen (secondary N) is 2. The van der Waals surface area contributed by atoms with E-state index in [1.807, 2.05) is 13.0 Å². The third kappa shape index (κ3) is 2.66. The number of aryl methyl sites for hydroxylation is 2. The van der Waals surface area contributed by atoms with E-state index < -0.39 is 4.92 Å². The fourth-order valence-electron chi connectivity index (χ4n) is 2.55. The molecule has 23 heavy (non-hydrogen) atoms. The van der Waals surface area contributed by atoms with Crippen LogP contribution < -0.4 is 10.9 Å². The van der Waals surface area contributed by atoms with E-state index in [-0.39, 0.29) is 23.7 Å². The smallest absolute Gasteiger partial charge is 0.359 e. The third-order valence-corrected chi connectivity index (χ3v) is 3.60. The lowest BCUT2D eigenvalue weighted by Crippen LogP contribution is -2.18. The molecule has 0 fully saturated rings. The van der Waals surface area contributed by atoms with E-state index in [9.17, 15) is 14.9 Å². The molecule has 2 N–H and O–H groups in total. The normalized spacial score (nSPS) is 10.9. The van der Waals surface area contributed by atoms with Crippen LogP contribution in [-0.4, -0.2) is 19.3 Å². The Hall–Kier alpha value is -3.16. The summed E-state index contributed by atoms with van der Waals surface area (Å²) < 4.78 is 1.40. The van der Waals surface area contributed by atoms with Crippen LogP contribution in [0.2, 0.25) is 0 Å². The molecule has 0 spiro atoms. The number of aromatic amines is 1. The van der Waals surface area contributed by atoms with E-state index in [4.69, 9.17) is 0 Å². The van der Waals surface area contributed by atoms with Gasteiger partial charge in [0.2, 0.25) is 11.5 Å². The second-order valence-electron chi connectivity index (χ2n) is 5.27. The van der Waals surface area contributed by atoms with Crippen LogP contribution in [0.15, 0.2) is 35.3 Å². The Balaban J connectivity index is 1.98. The Labute approximate surface area is 131 Å². The molecule has 0 atom stereocenters. The standard InChI is InChI=1S/C15H15N5O3/c1-9-7-10(2)17-14(21)11(9)8-16-13-15(20(22)23)19-6-4-3-5-12(19)18-13/h3-7,16H,8H2,1-2H3,(H,17,21). The van der Waals surface area contributed by atoms with Gasteiger partial charge in [-0.25, -0.2) is 0 Å². The predicted molar refractivity (Wildman–Crippen MR) is 85.7 cm³/mol. The van der Waals surface area contributed by atoms with Crippen molar-refractivity contribution >= 4 is 17.3 Å². The number of imidazole rings is 1. The number of hydrogen-bond donors (Lipinski definition) is 2. The molecule has 0 radical (unpaired) electrons. The molecule has 3 heterocycles. The van der Waals surface area contributed by atoms with Crippen molar-refractivity contribution in [2.24, 2.45) is 0 Å². The predicted octanol–water partition coefficient (Wildman–Crippen LogP) is 2.16. The van der Waals surface area contributed by atoms with E-state index in [0.29, 0.717) is 11.2 Å². The van der Waals surface area contributed by atoms with Crippen LogP contribution in [-0.2, 0) is 6.54 Å². The molecular weight excluding hydrogens is 298 g/mol. The quantitative estimate of drug-likeness (QED) is 0.567. The van der Waals surface area contributed by atoms with E-state index in [1.165, 1.54) is 4.40 Å². The lowest BCUT2D eigenvalue weighted by atomic mass is 10.1. The number of fused-ring (bicyclic) bond motifs is 1. The van der Waals surface area contributed by atoms with Crippen molar-refractivity contribution in [1.82, 2.24) is 14.4 Å². The van der Waals surface area contributed by atoms with Crippen molar-refractivity contribution in [3.63, 3.8) is 0 Å². The summed E-state index contributed by atoms with van der Waals surface area (Å²) in [7, 11) is 0. The summed E-state index contributed by atoms with van der Waals surface area (Å²) >= 11 is 0. The average molecular weight is 313 g/mol. The molecule has 8 nitrogen and oxygen atoms in total. The molecule has 0 saturated heterocycles.